The van der Waals surface area contributed by atoms with Crippen molar-refractivity contribution in [3.63, 3.8) is 0 Å². The van der Waals surface area contributed by atoms with E-state index in [2.05, 4.69) is 20.6 Å². The summed E-state index contributed by atoms with van der Waals surface area (Å²) in [7, 11) is 3.90. The molecule has 6 nitrogen and oxygen atoms in total. The van der Waals surface area contributed by atoms with Crippen molar-refractivity contribution >= 4 is 39.4 Å². The predicted octanol–water partition coefficient (Wildman–Crippen LogP) is 5.27. The van der Waals surface area contributed by atoms with Crippen molar-refractivity contribution in [2.45, 2.75) is 0 Å². The zero-order valence-electron chi connectivity index (χ0n) is 16.7. The monoisotopic (exact) mass is 415 g/mol. The molecule has 2 heterocycles. The Labute approximate surface area is 179 Å². The fraction of sp³-hybridized carbons (Fsp3) is 0.0870. The van der Waals surface area contributed by atoms with E-state index in [0.29, 0.717) is 5.56 Å². The van der Waals surface area contributed by atoms with Crippen LogP contribution in [0.2, 0.25) is 0 Å². The molecule has 0 unspecified atom stereocenters. The molecule has 0 spiro atoms. The Morgan fingerprint density at radius 3 is 2.57 bits per heavy atom. The lowest BCUT2D eigenvalue weighted by Crippen LogP contribution is -2.14. The number of pyridine rings is 1. The van der Waals surface area contributed by atoms with Gasteiger partial charge in [0.1, 0.15) is 0 Å². The van der Waals surface area contributed by atoms with Crippen LogP contribution in [0.4, 0.5) is 22.2 Å². The number of nitrogens with zero attached hydrogens (tertiary/aromatic N) is 3. The smallest absolute Gasteiger partial charge is 0.255 e. The van der Waals surface area contributed by atoms with E-state index in [1.807, 2.05) is 85.0 Å². The molecule has 0 bridgehead atoms. The Balaban J connectivity index is 1.43. The van der Waals surface area contributed by atoms with Gasteiger partial charge in [-0.2, -0.15) is 0 Å². The maximum absolute atomic E-state index is 12.6. The van der Waals surface area contributed by atoms with Crippen LogP contribution in [0.5, 0.6) is 0 Å². The zero-order valence-corrected chi connectivity index (χ0v) is 17.5. The van der Waals surface area contributed by atoms with Crippen LogP contribution in [-0.4, -0.2) is 30.0 Å². The van der Waals surface area contributed by atoms with E-state index in [1.54, 1.807) is 12.4 Å². The summed E-state index contributed by atoms with van der Waals surface area (Å²) >= 11 is 1.53. The maximum Gasteiger partial charge on any atom is 0.255 e. The van der Waals surface area contributed by atoms with Gasteiger partial charge in [-0.05, 0) is 42.5 Å². The van der Waals surface area contributed by atoms with Gasteiger partial charge in [0.25, 0.3) is 5.91 Å². The highest BCUT2D eigenvalue weighted by molar-refractivity contribution is 7.14. The van der Waals surface area contributed by atoms with Crippen LogP contribution in [0, 0.1) is 0 Å². The first-order valence-electron chi connectivity index (χ1n) is 9.40. The van der Waals surface area contributed by atoms with E-state index >= 15 is 0 Å². The minimum Gasteiger partial charge on any atom is -0.378 e. The molecule has 0 aliphatic rings. The summed E-state index contributed by atoms with van der Waals surface area (Å²) in [5.41, 5.74) is 5.10. The molecule has 0 saturated heterocycles. The highest BCUT2D eigenvalue weighted by atomic mass is 32.1. The molecule has 1 amide bonds. The normalized spacial score (nSPS) is 10.5. The third kappa shape index (κ3) is 4.64. The summed E-state index contributed by atoms with van der Waals surface area (Å²) in [6.45, 7) is 0. The van der Waals surface area contributed by atoms with E-state index in [4.69, 9.17) is 0 Å². The number of carbonyl (C=O) groups is 1. The van der Waals surface area contributed by atoms with E-state index in [1.165, 1.54) is 11.3 Å². The molecule has 0 aliphatic heterocycles. The fourth-order valence-electron chi connectivity index (χ4n) is 2.88. The summed E-state index contributed by atoms with van der Waals surface area (Å²) in [6, 6.07) is 19.0. The fourth-order valence-corrected chi connectivity index (χ4v) is 3.62. The molecule has 0 atom stereocenters. The first-order chi connectivity index (χ1) is 14.6. The van der Waals surface area contributed by atoms with Gasteiger partial charge in [0, 0.05) is 48.2 Å². The minimum atomic E-state index is -0.136. The lowest BCUT2D eigenvalue weighted by molar-refractivity contribution is 0.102. The molecule has 2 N–H and O–H groups in total. The van der Waals surface area contributed by atoms with Gasteiger partial charge < -0.3 is 15.5 Å². The van der Waals surface area contributed by atoms with Gasteiger partial charge in [0.05, 0.1) is 17.6 Å². The summed E-state index contributed by atoms with van der Waals surface area (Å²) in [5.74, 6) is -0.136. The van der Waals surface area contributed by atoms with Crippen molar-refractivity contribution < 1.29 is 4.79 Å². The molecule has 4 rings (SSSR count). The van der Waals surface area contributed by atoms with Gasteiger partial charge in [0.15, 0.2) is 5.13 Å². The van der Waals surface area contributed by atoms with Crippen molar-refractivity contribution in [2.75, 3.05) is 29.6 Å². The second kappa shape index (κ2) is 8.75. The highest BCUT2D eigenvalue weighted by Gasteiger charge is 2.09. The Bertz CT molecular complexity index is 1140. The van der Waals surface area contributed by atoms with Crippen LogP contribution in [0.1, 0.15) is 10.4 Å². The second-order valence-electron chi connectivity index (χ2n) is 6.88. The highest BCUT2D eigenvalue weighted by Crippen LogP contribution is 2.28. The number of hydrogen-bond acceptors (Lipinski definition) is 6. The lowest BCUT2D eigenvalue weighted by Gasteiger charge is -2.13. The molecule has 150 valence electrons. The topological polar surface area (TPSA) is 70.2 Å². The number of benzene rings is 2. The van der Waals surface area contributed by atoms with E-state index in [9.17, 15) is 4.79 Å². The van der Waals surface area contributed by atoms with Gasteiger partial charge in [-0.25, -0.2) is 4.98 Å². The van der Waals surface area contributed by atoms with Crippen molar-refractivity contribution in [2.24, 2.45) is 0 Å². The molecule has 4 aromatic rings. The number of rotatable bonds is 6. The molecule has 0 aliphatic carbocycles. The Kier molecular flexibility index (Phi) is 5.72. The van der Waals surface area contributed by atoms with Crippen LogP contribution in [0.25, 0.3) is 11.3 Å². The van der Waals surface area contributed by atoms with Gasteiger partial charge >= 0.3 is 0 Å². The van der Waals surface area contributed by atoms with Gasteiger partial charge in [0.2, 0.25) is 0 Å². The average molecular weight is 416 g/mol. The maximum atomic E-state index is 12.6. The first kappa shape index (κ1) is 19.6. The molecule has 2 aromatic heterocycles. The number of nitrogens with one attached hydrogen (secondary N) is 2. The third-order valence-corrected chi connectivity index (χ3v) is 5.24. The number of thiazole rings is 1. The average Bonchev–Trinajstić information content (AvgIpc) is 3.23. The van der Waals surface area contributed by atoms with E-state index < -0.39 is 0 Å². The molecular weight excluding hydrogens is 394 g/mol. The Morgan fingerprint density at radius 2 is 1.83 bits per heavy atom. The zero-order chi connectivity index (χ0) is 20.9. The van der Waals surface area contributed by atoms with Gasteiger partial charge in [-0.15, -0.1) is 11.3 Å². The summed E-state index contributed by atoms with van der Waals surface area (Å²) in [5, 5.41) is 8.99. The number of hydrogen-bond donors (Lipinski definition) is 2. The van der Waals surface area contributed by atoms with Crippen molar-refractivity contribution in [1.29, 1.82) is 0 Å². The van der Waals surface area contributed by atoms with Crippen LogP contribution in [0.15, 0.2) is 78.4 Å². The van der Waals surface area contributed by atoms with Crippen molar-refractivity contribution in [1.82, 2.24) is 9.97 Å². The molecule has 7 heteroatoms. The standard InChI is InChI=1S/C23H21N5OS/c1-28(2)20-7-3-5-17(13-20)22(29)25-18-10-8-16(9-11-18)21-15-30-23(27-21)26-19-6-4-12-24-14-19/h3-15H,1-2H3,(H,25,29)(H,26,27). The minimum absolute atomic E-state index is 0.136. The van der Waals surface area contributed by atoms with Crippen molar-refractivity contribution in [3.8, 4) is 11.3 Å². The van der Waals surface area contributed by atoms with Crippen LogP contribution >= 0.6 is 11.3 Å². The molecular formula is C23H21N5OS. The molecule has 0 radical (unpaired) electrons. The summed E-state index contributed by atoms with van der Waals surface area (Å²) in [6.07, 6.45) is 3.49. The number of aromatic nitrogens is 2. The SMILES string of the molecule is CN(C)c1cccc(C(=O)Nc2ccc(-c3csc(Nc4cccnc4)n3)cc2)c1. The summed E-state index contributed by atoms with van der Waals surface area (Å²) in [4.78, 5) is 23.3. The van der Waals surface area contributed by atoms with E-state index in [0.717, 1.165) is 33.5 Å². The lowest BCUT2D eigenvalue weighted by atomic mass is 10.1. The van der Waals surface area contributed by atoms with Gasteiger partial charge in [-0.1, -0.05) is 18.2 Å². The first-order valence-corrected chi connectivity index (χ1v) is 10.3. The number of carbonyl (C=O) groups excluding carboxylic acids is 1. The predicted molar refractivity (Wildman–Crippen MR) is 124 cm³/mol. The molecule has 2 aromatic carbocycles. The van der Waals surface area contributed by atoms with Crippen LogP contribution < -0.4 is 15.5 Å². The molecule has 30 heavy (non-hydrogen) atoms. The number of anilines is 4. The van der Waals surface area contributed by atoms with Crippen LogP contribution in [0.3, 0.4) is 0 Å². The van der Waals surface area contributed by atoms with Crippen LogP contribution in [-0.2, 0) is 0 Å². The quantitative estimate of drug-likeness (QED) is 0.449. The Morgan fingerprint density at radius 1 is 1.00 bits per heavy atom. The Hall–Kier alpha value is -3.71. The van der Waals surface area contributed by atoms with Gasteiger partial charge in [-0.3, -0.25) is 9.78 Å². The third-order valence-electron chi connectivity index (χ3n) is 4.48. The van der Waals surface area contributed by atoms with E-state index in [-0.39, 0.29) is 5.91 Å². The van der Waals surface area contributed by atoms with Crippen molar-refractivity contribution in [3.05, 3.63) is 84.0 Å². The molecule has 0 fully saturated rings. The molecule has 0 saturated carbocycles. The number of amides is 1. The largest absolute Gasteiger partial charge is 0.378 e. The second-order valence-corrected chi connectivity index (χ2v) is 7.74. The summed E-state index contributed by atoms with van der Waals surface area (Å²) < 4.78 is 0.